The third kappa shape index (κ3) is 3.58. The van der Waals surface area contributed by atoms with Crippen molar-refractivity contribution in [2.75, 3.05) is 0 Å². The molecular formula is C42H25NO2. The van der Waals surface area contributed by atoms with Crippen molar-refractivity contribution >= 4 is 65.7 Å². The lowest BCUT2D eigenvalue weighted by atomic mass is 10.0. The predicted octanol–water partition coefficient (Wildman–Crippen LogP) is 11.9. The number of furan rings is 2. The molecule has 3 heteroatoms. The average molecular weight is 576 g/mol. The summed E-state index contributed by atoms with van der Waals surface area (Å²) in [6.45, 7) is 0. The number of rotatable bonds is 3. The minimum atomic E-state index is 0.873. The fraction of sp³-hybridized carbons (Fsp3) is 0. The Labute approximate surface area is 258 Å². The van der Waals surface area contributed by atoms with Gasteiger partial charge in [0.05, 0.1) is 16.7 Å². The molecule has 0 amide bonds. The van der Waals surface area contributed by atoms with Gasteiger partial charge < -0.3 is 13.4 Å². The van der Waals surface area contributed by atoms with E-state index in [-0.39, 0.29) is 0 Å². The van der Waals surface area contributed by atoms with Crippen LogP contribution >= 0.6 is 0 Å². The van der Waals surface area contributed by atoms with Crippen LogP contribution in [0.2, 0.25) is 0 Å². The normalized spacial score (nSPS) is 12.0. The van der Waals surface area contributed by atoms with Crippen LogP contribution in [0.25, 0.3) is 93.6 Å². The van der Waals surface area contributed by atoms with Gasteiger partial charge in [-0.1, -0.05) is 97.1 Å². The Balaban J connectivity index is 1.16. The van der Waals surface area contributed by atoms with Crippen LogP contribution in [-0.2, 0) is 0 Å². The van der Waals surface area contributed by atoms with Crippen molar-refractivity contribution in [3.8, 4) is 27.9 Å². The molecule has 0 aliphatic heterocycles. The Morgan fingerprint density at radius 1 is 0.333 bits per heavy atom. The molecule has 0 saturated carbocycles. The van der Waals surface area contributed by atoms with Gasteiger partial charge in [-0.25, -0.2) is 0 Å². The molecule has 0 spiro atoms. The summed E-state index contributed by atoms with van der Waals surface area (Å²) in [7, 11) is 0. The second-order valence-corrected chi connectivity index (χ2v) is 11.7. The Kier molecular flexibility index (Phi) is 5.00. The van der Waals surface area contributed by atoms with Crippen LogP contribution in [0.15, 0.2) is 160 Å². The number of para-hydroxylation sites is 3. The maximum Gasteiger partial charge on any atom is 0.159 e. The summed E-state index contributed by atoms with van der Waals surface area (Å²) in [5.41, 5.74) is 11.6. The highest BCUT2D eigenvalue weighted by molar-refractivity contribution is 6.14. The lowest BCUT2D eigenvalue weighted by Gasteiger charge is -2.09. The molecule has 10 aromatic rings. The van der Waals surface area contributed by atoms with E-state index >= 15 is 0 Å². The lowest BCUT2D eigenvalue weighted by Crippen LogP contribution is -1.94. The number of hydrogen-bond acceptors (Lipinski definition) is 2. The van der Waals surface area contributed by atoms with Gasteiger partial charge in [0.25, 0.3) is 0 Å². The van der Waals surface area contributed by atoms with E-state index in [9.17, 15) is 0 Å². The highest BCUT2D eigenvalue weighted by Crippen LogP contribution is 2.40. The van der Waals surface area contributed by atoms with Crippen LogP contribution in [0.1, 0.15) is 0 Å². The number of aromatic nitrogens is 1. The van der Waals surface area contributed by atoms with Gasteiger partial charge in [0.1, 0.15) is 16.7 Å². The van der Waals surface area contributed by atoms with Crippen LogP contribution in [-0.4, -0.2) is 4.57 Å². The largest absolute Gasteiger partial charge is 0.456 e. The van der Waals surface area contributed by atoms with Crippen molar-refractivity contribution in [3.63, 3.8) is 0 Å². The molecule has 0 N–H and O–H groups in total. The molecule has 3 nitrogen and oxygen atoms in total. The fourth-order valence-electron chi connectivity index (χ4n) is 7.09. The van der Waals surface area contributed by atoms with Crippen molar-refractivity contribution in [2.24, 2.45) is 0 Å². The molecule has 45 heavy (non-hydrogen) atoms. The molecule has 10 rings (SSSR count). The van der Waals surface area contributed by atoms with Crippen LogP contribution in [0.4, 0.5) is 0 Å². The molecule has 0 fully saturated rings. The molecule has 7 aromatic carbocycles. The van der Waals surface area contributed by atoms with Crippen molar-refractivity contribution < 1.29 is 8.83 Å². The monoisotopic (exact) mass is 575 g/mol. The lowest BCUT2D eigenvalue weighted by molar-refractivity contribution is 0.666. The standard InChI is InChI=1S/C42H25NO2/c1-2-9-26(10-3-1)27-18-21-37-34(23-27)30-11-4-6-14-36(30)43(37)38-15-8-13-33-35-24-28(19-22-40(35)45-42(33)38)29-17-20-32-31-12-5-7-16-39(31)44-41(32)25-29/h1-25H. The van der Waals surface area contributed by atoms with Gasteiger partial charge in [-0.15, -0.1) is 0 Å². The zero-order valence-corrected chi connectivity index (χ0v) is 24.2. The summed E-state index contributed by atoms with van der Waals surface area (Å²) < 4.78 is 15.2. The van der Waals surface area contributed by atoms with E-state index in [1.165, 1.54) is 21.9 Å². The van der Waals surface area contributed by atoms with E-state index in [2.05, 4.69) is 144 Å². The van der Waals surface area contributed by atoms with Crippen LogP contribution in [0.5, 0.6) is 0 Å². The molecule has 3 aromatic heterocycles. The van der Waals surface area contributed by atoms with E-state index in [0.29, 0.717) is 0 Å². The van der Waals surface area contributed by atoms with Gasteiger partial charge in [0.2, 0.25) is 0 Å². The third-order valence-corrected chi connectivity index (χ3v) is 9.21. The number of hydrogen-bond donors (Lipinski definition) is 0. The topological polar surface area (TPSA) is 31.2 Å². The molecule has 3 heterocycles. The van der Waals surface area contributed by atoms with Crippen LogP contribution in [0, 0.1) is 0 Å². The first-order valence-electron chi connectivity index (χ1n) is 15.3. The van der Waals surface area contributed by atoms with Gasteiger partial charge in [-0.2, -0.15) is 0 Å². The molecule has 0 atom stereocenters. The minimum absolute atomic E-state index is 0.873. The Hall–Kier alpha value is -6.06. The van der Waals surface area contributed by atoms with E-state index < -0.39 is 0 Å². The molecule has 0 unspecified atom stereocenters. The number of fused-ring (bicyclic) bond motifs is 9. The molecule has 210 valence electrons. The molecule has 0 radical (unpaired) electrons. The Bertz CT molecular complexity index is 2760. The van der Waals surface area contributed by atoms with Gasteiger partial charge in [0.15, 0.2) is 5.58 Å². The van der Waals surface area contributed by atoms with E-state index in [4.69, 9.17) is 8.83 Å². The highest BCUT2D eigenvalue weighted by Gasteiger charge is 2.18. The highest BCUT2D eigenvalue weighted by atomic mass is 16.3. The quantitative estimate of drug-likeness (QED) is 0.210. The molecular weight excluding hydrogens is 550 g/mol. The smallest absolute Gasteiger partial charge is 0.159 e. The first-order valence-corrected chi connectivity index (χ1v) is 15.3. The summed E-state index contributed by atoms with van der Waals surface area (Å²) in [4.78, 5) is 0. The second-order valence-electron chi connectivity index (χ2n) is 11.7. The van der Waals surface area contributed by atoms with Gasteiger partial charge >= 0.3 is 0 Å². The summed E-state index contributed by atoms with van der Waals surface area (Å²) >= 11 is 0. The summed E-state index contributed by atoms with van der Waals surface area (Å²) in [6, 6.07) is 53.6. The number of benzene rings is 7. The minimum Gasteiger partial charge on any atom is -0.456 e. The SMILES string of the molecule is c1ccc(-c2ccc3c(c2)c2ccccc2n3-c2cccc3c2oc2ccc(-c4ccc5c(c4)oc4ccccc45)cc23)cc1. The zero-order valence-electron chi connectivity index (χ0n) is 24.2. The van der Waals surface area contributed by atoms with Gasteiger partial charge in [0, 0.05) is 32.3 Å². The van der Waals surface area contributed by atoms with E-state index in [0.717, 1.165) is 71.7 Å². The molecule has 0 aliphatic carbocycles. The fourth-order valence-corrected chi connectivity index (χ4v) is 7.09. The molecule has 0 bridgehead atoms. The Morgan fingerprint density at radius 2 is 0.978 bits per heavy atom. The van der Waals surface area contributed by atoms with Crippen LogP contribution < -0.4 is 0 Å². The van der Waals surface area contributed by atoms with Crippen LogP contribution in [0.3, 0.4) is 0 Å². The molecule has 0 aliphatic rings. The predicted molar refractivity (Wildman–Crippen MR) is 186 cm³/mol. The molecule has 0 saturated heterocycles. The van der Waals surface area contributed by atoms with E-state index in [1.54, 1.807) is 0 Å². The zero-order chi connectivity index (χ0) is 29.5. The average Bonchev–Trinajstić information content (AvgIpc) is 3.77. The summed E-state index contributed by atoms with van der Waals surface area (Å²) in [5.74, 6) is 0. The van der Waals surface area contributed by atoms with Gasteiger partial charge in [-0.05, 0) is 76.9 Å². The maximum atomic E-state index is 6.66. The second kappa shape index (κ2) is 9.22. The van der Waals surface area contributed by atoms with Crippen molar-refractivity contribution in [1.29, 1.82) is 0 Å². The van der Waals surface area contributed by atoms with Crippen molar-refractivity contribution in [1.82, 2.24) is 4.57 Å². The first kappa shape index (κ1) is 24.4. The third-order valence-electron chi connectivity index (χ3n) is 9.21. The summed E-state index contributed by atoms with van der Waals surface area (Å²) in [6.07, 6.45) is 0. The van der Waals surface area contributed by atoms with Crippen molar-refractivity contribution in [3.05, 3.63) is 152 Å². The van der Waals surface area contributed by atoms with Gasteiger partial charge in [-0.3, -0.25) is 0 Å². The Morgan fingerprint density at radius 3 is 1.91 bits per heavy atom. The summed E-state index contributed by atoms with van der Waals surface area (Å²) in [5, 5.41) is 6.92. The maximum absolute atomic E-state index is 6.66. The van der Waals surface area contributed by atoms with Crippen molar-refractivity contribution in [2.45, 2.75) is 0 Å². The first-order chi connectivity index (χ1) is 22.3. The van der Waals surface area contributed by atoms with E-state index in [1.807, 2.05) is 12.1 Å². The number of nitrogens with zero attached hydrogens (tertiary/aromatic N) is 1.